The minimum absolute atomic E-state index is 0.0299. The summed E-state index contributed by atoms with van der Waals surface area (Å²) in [6.07, 6.45) is -10.3. The van der Waals surface area contributed by atoms with E-state index in [4.69, 9.17) is 40.2 Å². The maximum absolute atomic E-state index is 14.2. The van der Waals surface area contributed by atoms with Gasteiger partial charge in [-0.3, -0.25) is 46.5 Å². The maximum atomic E-state index is 14.2. The second-order valence-electron chi connectivity index (χ2n) is 33.3. The van der Waals surface area contributed by atoms with Crippen molar-refractivity contribution in [1.29, 1.82) is 0 Å². The van der Waals surface area contributed by atoms with Gasteiger partial charge in [-0.1, -0.05) is 48.5 Å². The zero-order chi connectivity index (χ0) is 105. The molecule has 4 aromatic heterocycles. The van der Waals surface area contributed by atoms with Crippen LogP contribution in [0.3, 0.4) is 0 Å². The van der Waals surface area contributed by atoms with Crippen molar-refractivity contribution in [3.8, 4) is 43.1 Å². The molecule has 2 fully saturated rings. The van der Waals surface area contributed by atoms with E-state index >= 15 is 0 Å². The molecule has 4 aromatic carbocycles. The number of amides is 6. The number of ether oxygens (including phenoxy) is 4. The number of aromatic nitrogens is 8. The topological polar surface area (TPSA) is 711 Å². The van der Waals surface area contributed by atoms with Crippen LogP contribution in [0.5, 0.6) is 0 Å². The molecule has 6 amide bonds. The summed E-state index contributed by atoms with van der Waals surface area (Å²) in [4.78, 5) is 192. The molecular weight excluding hydrogens is 2050 g/mol. The first-order valence-electron chi connectivity index (χ1n) is 43.4. The molecule has 0 radical (unpaired) electrons. The van der Waals surface area contributed by atoms with Crippen LogP contribution in [-0.4, -0.2) is 284 Å². The number of aliphatic hydroxyl groups excluding tert-OH is 2. The van der Waals surface area contributed by atoms with Gasteiger partial charge in [-0.25, -0.2) is 75.5 Å². The summed E-state index contributed by atoms with van der Waals surface area (Å²) >= 11 is 3.37. The SMILES string of the molecule is CN(CCCC(=O)NCCNC(=O)O[C@@H]1[C@H](O)[C@@H](COP(=O)(O)OP(=O)(O)OP(=O)([O-])O)O[C@H]1n1cnc2c(N)ncnc21)C(=O)c1ccccc1-c1c2ccc(=[N+](C)C)cc-2sc2cc(N(C)C)ccc12.CN(CCCC(=O)NCCNC(=O)O[C@H]1[C@@H](O)[C@H](n2cnc3c(N)ncnc32)O[C@@H]1COP(=O)(O)OP(=O)(O)OP(=O)([O-])O)C(=O)c1ccccc1-c1c2ccc(=[N+](C)C)cc-2sc2cc(N(C)C)ccc12. The number of phosphoric ester groups is 2. The Balaban J connectivity index is 0.000000241. The number of phosphoric acid groups is 6. The number of carbonyl (C=O) groups excluding carboxylic acids is 6. The quantitative estimate of drug-likeness (QED) is 0.0110. The van der Waals surface area contributed by atoms with Crippen LogP contribution in [0.4, 0.5) is 32.6 Å². The van der Waals surface area contributed by atoms with E-state index in [1.807, 2.05) is 112 Å². The van der Waals surface area contributed by atoms with Crippen LogP contribution in [0.25, 0.3) is 85.6 Å². The molecule has 4 aliphatic heterocycles. The zero-order valence-corrected chi connectivity index (χ0v) is 85.3. The average molecular weight is 2150 g/mol. The van der Waals surface area contributed by atoms with Crippen molar-refractivity contribution in [3.63, 3.8) is 0 Å². The fourth-order valence-corrected chi connectivity index (χ4v) is 23.8. The Morgan fingerprint density at radius 3 is 1.28 bits per heavy atom. The standard InChI is InChI=1S/2C42H51N10O16P3S/c1-49(2)24-12-14-28-31(19-24)72-32-20-25(50(3)4)13-15-29(32)34(28)26-9-6-7-10-27(26)40(55)51(5)18-8-11-33(53)44-16-17-45-42(56)66-37-30(21-64-70(60,61)68-71(62,63)67-69(57,58)59)65-41(36(37)54)52-23-48-35-38(43)46-22-47-39(35)52;1-49(2)24-12-14-28-31(19-24)72-32-20-25(50(3)4)13-15-29(32)34(28)26-9-6-7-10-27(26)40(55)51(5)18-8-11-33(53)44-16-17-45-42(56)66-37-36(54)30(21-64-70(60,61)68-71(62,63)67-69(57,58)59)65-41(37)52-23-48-35-38(43)46-22-47-39(35)52/h2*6-7,9-10,12-15,19-20,22-23,30,36-37,41,54H,8,11,16-18,21H2,1-5H3,(H7-,43,44,45,46,47,53,56,57,58,59,60,61,62,63)/t2*30-,36-,37-,41-/m11/s1. The van der Waals surface area contributed by atoms with E-state index in [-0.39, 0.29) is 110 Å². The van der Waals surface area contributed by atoms with E-state index < -0.39 is 121 Å². The Morgan fingerprint density at radius 1 is 0.472 bits per heavy atom. The van der Waals surface area contributed by atoms with Gasteiger partial charge in [0.2, 0.25) is 22.5 Å². The van der Waals surface area contributed by atoms with Crippen molar-refractivity contribution in [2.45, 2.75) is 74.8 Å². The van der Waals surface area contributed by atoms with Crippen molar-refractivity contribution in [1.82, 2.24) is 79.3 Å². The van der Waals surface area contributed by atoms with Crippen LogP contribution in [0.15, 0.2) is 147 Å². The Morgan fingerprint density at radius 2 is 0.868 bits per heavy atom. The van der Waals surface area contributed by atoms with Crippen LogP contribution in [-0.2, 0) is 82.2 Å². The number of nitrogens with two attached hydrogens (primary N) is 2. The lowest BCUT2D eigenvalue weighted by molar-refractivity contribution is -0.214. The van der Waals surface area contributed by atoms with Gasteiger partial charge in [0.05, 0.1) is 25.9 Å². The minimum atomic E-state index is -5.95. The molecule has 0 bridgehead atoms. The second kappa shape index (κ2) is 46.0. The number of nitrogens with one attached hydrogen (secondary N) is 4. The van der Waals surface area contributed by atoms with E-state index in [0.29, 0.717) is 24.0 Å². The molecule has 6 aliphatic rings. The molecule has 8 aromatic rings. The lowest BCUT2D eigenvalue weighted by Crippen LogP contribution is -2.42. The molecule has 144 heavy (non-hydrogen) atoms. The summed E-state index contributed by atoms with van der Waals surface area (Å²) in [5.74, 6) is -1.28. The molecule has 0 spiro atoms. The number of hydrogen-bond donors (Lipinski definition) is 14. The van der Waals surface area contributed by atoms with Gasteiger partial charge >= 0.3 is 43.5 Å². The van der Waals surface area contributed by atoms with Gasteiger partial charge in [-0.15, -0.1) is 22.7 Å². The Kier molecular flexibility index (Phi) is 35.1. The van der Waals surface area contributed by atoms with E-state index in [1.54, 1.807) is 58.7 Å². The van der Waals surface area contributed by atoms with Gasteiger partial charge in [-0.2, -0.15) is 8.62 Å². The number of nitrogen functional groups attached to an aromatic ring is 2. The lowest BCUT2D eigenvalue weighted by atomic mass is 9.91. The van der Waals surface area contributed by atoms with Crippen molar-refractivity contribution in [3.05, 3.63) is 168 Å². The highest BCUT2D eigenvalue weighted by Crippen LogP contribution is 2.67. The van der Waals surface area contributed by atoms with E-state index in [0.717, 1.165) is 111 Å². The third kappa shape index (κ3) is 27.4. The molecule has 2 saturated heterocycles. The number of imidazole rings is 2. The number of benzene rings is 6. The summed E-state index contributed by atoms with van der Waals surface area (Å²) in [5.41, 5.74) is 20.6. The number of fused-ring (bicyclic) bond motifs is 6. The van der Waals surface area contributed by atoms with E-state index in [9.17, 15) is 95.7 Å². The predicted molar refractivity (Wildman–Crippen MR) is 520 cm³/mol. The Labute approximate surface area is 827 Å². The molecule has 6 unspecified atom stereocenters. The number of carbonyl (C=O) groups is 6. The molecule has 2 aliphatic carbocycles. The first-order chi connectivity index (χ1) is 67.8. The van der Waals surface area contributed by atoms with Gasteiger partial charge in [0.1, 0.15) is 76.3 Å². The van der Waals surface area contributed by atoms with Crippen LogP contribution in [0.1, 0.15) is 58.9 Å². The molecule has 60 heteroatoms. The number of aliphatic hydroxyl groups is 2. The highest BCUT2D eigenvalue weighted by molar-refractivity contribution is 7.67. The fraction of sp³-hybridized carbons (Fsp3) is 0.357. The number of hydrogen-bond acceptors (Lipinski definition) is 38. The maximum Gasteiger partial charge on any atom is 0.487 e. The zero-order valence-electron chi connectivity index (χ0n) is 78.3. The molecular formula is C84H102N20O32P6S2. The smallest absolute Gasteiger partial charge is 0.487 e. The fourth-order valence-electron chi connectivity index (χ4n) is 15.5. The van der Waals surface area contributed by atoms with Gasteiger partial charge in [-0.05, 0) is 83.6 Å². The summed E-state index contributed by atoms with van der Waals surface area (Å²) in [6, 6.07) is 40.1. The van der Waals surface area contributed by atoms with E-state index in [2.05, 4.69) is 150 Å². The lowest BCUT2D eigenvalue weighted by Gasteiger charge is -2.23. The van der Waals surface area contributed by atoms with E-state index in [1.165, 1.54) is 9.13 Å². The monoisotopic (exact) mass is 2150 g/mol. The highest BCUT2D eigenvalue weighted by atomic mass is 32.1. The Hall–Kier alpha value is -11.5. The molecule has 772 valence electrons. The summed E-state index contributed by atoms with van der Waals surface area (Å²) in [6.45, 7) is -2.21. The normalized spacial score (nSPS) is 19.3. The molecule has 14 atom stereocenters. The summed E-state index contributed by atoms with van der Waals surface area (Å²) in [5, 5.41) is 36.8. The van der Waals surface area contributed by atoms with Crippen LogP contribution in [0, 0.1) is 0 Å². The molecule has 14 rings (SSSR count). The summed E-state index contributed by atoms with van der Waals surface area (Å²) < 4.78 is 125. The van der Waals surface area contributed by atoms with Crippen molar-refractivity contribution in [2.75, 3.05) is 144 Å². The number of rotatable bonds is 38. The highest BCUT2D eigenvalue weighted by Gasteiger charge is 2.52. The Bertz CT molecular complexity index is 7250. The summed E-state index contributed by atoms with van der Waals surface area (Å²) in [7, 11) is -15.9. The van der Waals surface area contributed by atoms with Crippen molar-refractivity contribution >= 4 is 171 Å². The van der Waals surface area contributed by atoms with Gasteiger partial charge in [0.25, 0.3) is 27.5 Å². The largest absolute Gasteiger partial charge is 0.756 e. The van der Waals surface area contributed by atoms with Gasteiger partial charge < -0.3 is 121 Å². The number of anilines is 4. The molecule has 16 N–H and O–H groups in total. The number of alkyl carbamates (subject to hydrolysis) is 2. The predicted octanol–water partition coefficient (Wildman–Crippen LogP) is 4.45. The average Bonchev–Trinajstić information content (AvgIpc) is 1.15. The van der Waals surface area contributed by atoms with Crippen LogP contribution < -0.4 is 72.2 Å². The van der Waals surface area contributed by atoms with Crippen LogP contribution in [0.2, 0.25) is 0 Å². The third-order valence-corrected chi connectivity index (χ3v) is 32.1. The van der Waals surface area contributed by atoms with Crippen molar-refractivity contribution < 1.29 is 151 Å². The van der Waals surface area contributed by atoms with Crippen LogP contribution >= 0.6 is 69.6 Å². The van der Waals surface area contributed by atoms with Gasteiger partial charge in [0.15, 0.2) is 47.6 Å². The third-order valence-electron chi connectivity index (χ3n) is 22.3. The molecule has 52 nitrogen and oxygen atoms in total. The first-order valence-corrected chi connectivity index (χ1v) is 54.0. The number of nitrogens with zero attached hydrogens (tertiary/aromatic N) is 14. The second-order valence-corrected chi connectivity index (χ2v) is 44.2. The molecule has 8 heterocycles. The van der Waals surface area contributed by atoms with Crippen molar-refractivity contribution in [2.24, 2.45) is 0 Å². The molecule has 0 saturated carbocycles. The van der Waals surface area contributed by atoms with Gasteiger partial charge in [0, 0.05) is 182 Å². The minimum Gasteiger partial charge on any atom is -0.756 e. The first kappa shape index (κ1) is 110.